The van der Waals surface area contributed by atoms with Crippen molar-refractivity contribution >= 4 is 57.0 Å². The van der Waals surface area contributed by atoms with Crippen LogP contribution in [0.5, 0.6) is 0 Å². The molecular weight excluding hydrogens is 983 g/mol. The highest BCUT2D eigenvalue weighted by molar-refractivity contribution is 6.03. The van der Waals surface area contributed by atoms with E-state index in [1.807, 2.05) is 0 Å². The van der Waals surface area contributed by atoms with Crippen molar-refractivity contribution in [2.45, 2.75) is 51.9 Å². The van der Waals surface area contributed by atoms with Gasteiger partial charge in [-0.25, -0.2) is 0 Å². The molecule has 0 spiro atoms. The van der Waals surface area contributed by atoms with Gasteiger partial charge in [-0.15, -0.1) is 0 Å². The zero-order valence-corrected chi connectivity index (χ0v) is 46.4. The van der Waals surface area contributed by atoms with Crippen molar-refractivity contribution in [3.05, 3.63) is 301 Å². The first kappa shape index (κ1) is 50.7. The molecular formula is C76H65N5. The summed E-state index contributed by atoms with van der Waals surface area (Å²) in [5, 5.41) is 7.75. The molecule has 2 heterocycles. The van der Waals surface area contributed by atoms with Crippen LogP contribution in [0.25, 0.3) is 44.5 Å². The third kappa shape index (κ3) is 10.2. The minimum atomic E-state index is -0.0376. The van der Waals surface area contributed by atoms with Gasteiger partial charge in [0.25, 0.3) is 0 Å². The highest BCUT2D eigenvalue weighted by Crippen LogP contribution is 2.53. The number of aromatic nitrogens is 1. The van der Waals surface area contributed by atoms with Gasteiger partial charge in [-0.2, -0.15) is 0 Å². The third-order valence-electron chi connectivity index (χ3n) is 16.0. The van der Waals surface area contributed by atoms with Crippen LogP contribution in [0.15, 0.2) is 273 Å². The molecule has 1 aliphatic heterocycles. The maximum Gasteiger partial charge on any atom is 0.115 e. The van der Waals surface area contributed by atoms with Crippen LogP contribution in [-0.2, 0) is 18.3 Å². The van der Waals surface area contributed by atoms with E-state index in [1.54, 1.807) is 0 Å². The molecule has 0 bridgehead atoms. The fourth-order valence-corrected chi connectivity index (χ4v) is 11.9. The summed E-state index contributed by atoms with van der Waals surface area (Å²) in [7, 11) is 0. The molecule has 13 rings (SSSR count). The predicted molar refractivity (Wildman–Crippen MR) is 343 cm³/mol. The number of aryl methyl sites for hydroxylation is 3. The van der Waals surface area contributed by atoms with Crippen molar-refractivity contribution < 1.29 is 0 Å². The van der Waals surface area contributed by atoms with E-state index in [0.29, 0.717) is 0 Å². The fourth-order valence-electron chi connectivity index (χ4n) is 11.9. The standard InChI is InChI=1S/C76H65N5/c1-52-48-73(79-74(52)57-29-11-12-30-57)81-71-43-20-15-35-64(71)63-34-13-18-41-69(63)80(60-33-22-31-58(51-60)76(2,3)4)70-42-19-14-36-65(70)66-47-46-54(50-72(66)81)45-44-53-24-21-32-59(49-53)77-67-39-16-17-40-68(67)78-75-61(55-25-7-5-8-26-55)37-23-38-62(75)56-27-9-6-10-28-56/h5-43,46-51,57,77-79H,44-45H2,1-4H3. The van der Waals surface area contributed by atoms with E-state index < -0.39 is 0 Å². The van der Waals surface area contributed by atoms with Crippen molar-refractivity contribution in [2.75, 3.05) is 20.4 Å². The predicted octanol–water partition coefficient (Wildman–Crippen LogP) is 21.0. The lowest BCUT2D eigenvalue weighted by atomic mass is 9.86. The minimum absolute atomic E-state index is 0.0376. The molecule has 10 aromatic carbocycles. The first-order valence-corrected chi connectivity index (χ1v) is 28.3. The molecule has 3 N–H and O–H groups in total. The molecule has 5 nitrogen and oxygen atoms in total. The molecule has 5 heteroatoms. The maximum absolute atomic E-state index is 4.00. The number of hydrogen-bond donors (Lipinski definition) is 3. The summed E-state index contributed by atoms with van der Waals surface area (Å²) in [6, 6.07) is 90.7. The van der Waals surface area contributed by atoms with Crippen LogP contribution >= 0.6 is 0 Å². The molecule has 0 saturated carbocycles. The van der Waals surface area contributed by atoms with E-state index in [9.17, 15) is 0 Å². The quantitative estimate of drug-likeness (QED) is 0.114. The molecule has 0 atom stereocenters. The van der Waals surface area contributed by atoms with Crippen LogP contribution in [0, 0.1) is 6.92 Å². The number of nitrogens with zero attached hydrogens (tertiary/aromatic N) is 2. The van der Waals surface area contributed by atoms with Gasteiger partial charge >= 0.3 is 0 Å². The smallest absolute Gasteiger partial charge is 0.115 e. The monoisotopic (exact) mass is 1050 g/mol. The molecule has 11 aromatic rings. The Morgan fingerprint density at radius 3 is 1.54 bits per heavy atom. The Bertz CT molecular complexity index is 4070. The topological polar surface area (TPSA) is 46.3 Å². The van der Waals surface area contributed by atoms with Crippen LogP contribution in [0.1, 0.15) is 54.6 Å². The first-order chi connectivity index (χ1) is 39.7. The number of hydrogen-bond acceptors (Lipinski definition) is 4. The van der Waals surface area contributed by atoms with E-state index in [0.717, 1.165) is 114 Å². The van der Waals surface area contributed by atoms with Crippen molar-refractivity contribution in [1.82, 2.24) is 4.98 Å². The van der Waals surface area contributed by atoms with Crippen molar-refractivity contribution in [3.63, 3.8) is 0 Å². The molecule has 0 saturated heterocycles. The molecule has 0 amide bonds. The second-order valence-electron chi connectivity index (χ2n) is 22.4. The van der Waals surface area contributed by atoms with Gasteiger partial charge in [0.1, 0.15) is 5.82 Å². The van der Waals surface area contributed by atoms with E-state index >= 15 is 0 Å². The summed E-state index contributed by atoms with van der Waals surface area (Å²) >= 11 is 0. The normalized spacial score (nSPS) is 12.8. The number of benzene rings is 10. The van der Waals surface area contributed by atoms with Gasteiger partial charge in [0, 0.05) is 56.4 Å². The average Bonchev–Trinajstić information content (AvgIpc) is 4.32. The first-order valence-electron chi connectivity index (χ1n) is 28.3. The van der Waals surface area contributed by atoms with Crippen LogP contribution in [-0.4, -0.2) is 4.98 Å². The summed E-state index contributed by atoms with van der Waals surface area (Å²) < 4.78 is 0. The third-order valence-corrected chi connectivity index (χ3v) is 16.0. The summed E-state index contributed by atoms with van der Waals surface area (Å²) in [5.41, 5.74) is 25.1. The van der Waals surface area contributed by atoms with Crippen LogP contribution < -0.4 is 20.4 Å². The van der Waals surface area contributed by atoms with E-state index in [1.165, 1.54) is 27.9 Å². The van der Waals surface area contributed by atoms with Crippen LogP contribution in [0.4, 0.5) is 57.0 Å². The van der Waals surface area contributed by atoms with Gasteiger partial charge in [-0.1, -0.05) is 227 Å². The lowest BCUT2D eigenvalue weighted by Gasteiger charge is -2.35. The van der Waals surface area contributed by atoms with E-state index in [-0.39, 0.29) is 11.3 Å². The van der Waals surface area contributed by atoms with Crippen molar-refractivity contribution in [3.8, 4) is 44.5 Å². The average molecular weight is 1050 g/mol. The van der Waals surface area contributed by atoms with Gasteiger partial charge in [0.15, 0.2) is 0 Å². The molecule has 81 heavy (non-hydrogen) atoms. The van der Waals surface area contributed by atoms with Gasteiger partial charge in [-0.3, -0.25) is 4.90 Å². The Balaban J connectivity index is 0.889. The zero-order valence-electron chi connectivity index (χ0n) is 46.4. The summed E-state index contributed by atoms with van der Waals surface area (Å²) in [6.45, 7) is 9.12. The number of para-hydroxylation sites is 6. The Morgan fingerprint density at radius 2 is 0.926 bits per heavy atom. The minimum Gasteiger partial charge on any atom is -0.354 e. The second kappa shape index (κ2) is 21.8. The Morgan fingerprint density at radius 1 is 0.420 bits per heavy atom. The molecule has 2 aliphatic rings. The Kier molecular flexibility index (Phi) is 13.6. The summed E-state index contributed by atoms with van der Waals surface area (Å²) in [6.07, 6.45) is 10.5. The van der Waals surface area contributed by atoms with E-state index in [2.05, 4.69) is 326 Å². The summed E-state index contributed by atoms with van der Waals surface area (Å²) in [4.78, 5) is 8.99. The van der Waals surface area contributed by atoms with Crippen LogP contribution in [0.2, 0.25) is 0 Å². The zero-order chi connectivity index (χ0) is 54.9. The lowest BCUT2D eigenvalue weighted by Crippen LogP contribution is -2.18. The molecule has 1 aliphatic carbocycles. The summed E-state index contributed by atoms with van der Waals surface area (Å²) in [5.74, 6) is 1.21. The highest BCUT2D eigenvalue weighted by atomic mass is 15.2. The Labute approximate surface area is 477 Å². The van der Waals surface area contributed by atoms with Gasteiger partial charge < -0.3 is 20.5 Å². The van der Waals surface area contributed by atoms with Crippen LogP contribution in [0.3, 0.4) is 0 Å². The second-order valence-corrected chi connectivity index (χ2v) is 22.4. The van der Waals surface area contributed by atoms with E-state index in [4.69, 9.17) is 0 Å². The number of rotatable bonds is 12. The lowest BCUT2D eigenvalue weighted by molar-refractivity contribution is 0.590. The molecule has 0 radical (unpaired) electrons. The number of nitrogens with one attached hydrogen (secondary N) is 3. The molecule has 0 fully saturated rings. The fraction of sp³-hybridized carbons (Fsp3) is 0.105. The number of allylic oxidation sites excluding steroid dienone is 4. The number of fused-ring (bicyclic) bond motifs is 6. The van der Waals surface area contributed by atoms with Crippen molar-refractivity contribution in [2.24, 2.45) is 0 Å². The Hall–Kier alpha value is -9.84. The number of anilines is 10. The molecule has 394 valence electrons. The largest absolute Gasteiger partial charge is 0.354 e. The van der Waals surface area contributed by atoms with Crippen molar-refractivity contribution in [1.29, 1.82) is 0 Å². The maximum atomic E-state index is 4.00. The number of aromatic amines is 1. The number of H-pyrrole nitrogens is 1. The molecule has 1 aromatic heterocycles. The molecule has 0 unspecified atom stereocenters. The van der Waals surface area contributed by atoms with Gasteiger partial charge in [-0.05, 0) is 125 Å². The highest BCUT2D eigenvalue weighted by Gasteiger charge is 2.30. The van der Waals surface area contributed by atoms with Gasteiger partial charge in [0.05, 0.1) is 39.8 Å². The van der Waals surface area contributed by atoms with Gasteiger partial charge in [0.2, 0.25) is 0 Å². The SMILES string of the molecule is Cc1cc(N2c3ccccc3-c3ccccc3N(c3cccc(C(C)(C)C)c3)c3ccccc3-c3ccc(CCc4cccc(Nc5ccccc5Nc5c(-c6ccccc6)cccc5-c5ccccc5)c4)cc32)[nH]c1C1C=CC=C1.